The summed E-state index contributed by atoms with van der Waals surface area (Å²) in [5.41, 5.74) is -0.246. The molecular formula is C14H24O4. The van der Waals surface area contributed by atoms with E-state index in [4.69, 9.17) is 14.2 Å². The second-order valence-electron chi connectivity index (χ2n) is 4.57. The zero-order chi connectivity index (χ0) is 14.2. The molecule has 0 aliphatic carbocycles. The molecule has 0 aliphatic rings. The van der Waals surface area contributed by atoms with Crippen molar-refractivity contribution in [3.8, 4) is 0 Å². The van der Waals surface area contributed by atoms with Gasteiger partial charge in [0.2, 0.25) is 0 Å². The topological polar surface area (TPSA) is 44.8 Å². The van der Waals surface area contributed by atoms with Crippen LogP contribution in [0.15, 0.2) is 23.7 Å². The molecule has 0 atom stereocenters. The summed E-state index contributed by atoms with van der Waals surface area (Å²) in [7, 11) is 0. The van der Waals surface area contributed by atoms with Crippen molar-refractivity contribution in [1.29, 1.82) is 0 Å². The molecule has 0 N–H and O–H groups in total. The Balaban J connectivity index is 5.22. The van der Waals surface area contributed by atoms with Crippen LogP contribution in [0.25, 0.3) is 0 Å². The van der Waals surface area contributed by atoms with Crippen molar-refractivity contribution in [2.75, 3.05) is 13.2 Å². The molecule has 0 rings (SSSR count). The lowest BCUT2D eigenvalue weighted by Crippen LogP contribution is -2.25. The molecule has 0 heterocycles. The molecule has 0 bridgehead atoms. The first-order valence-corrected chi connectivity index (χ1v) is 6.21. The summed E-state index contributed by atoms with van der Waals surface area (Å²) in [6.07, 6.45) is 3.38. The van der Waals surface area contributed by atoms with Gasteiger partial charge in [-0.1, -0.05) is 6.08 Å². The minimum atomic E-state index is -0.548. The lowest BCUT2D eigenvalue weighted by Gasteiger charge is -2.20. The van der Waals surface area contributed by atoms with Gasteiger partial charge in [0.1, 0.15) is 11.2 Å². The van der Waals surface area contributed by atoms with Gasteiger partial charge >= 0.3 is 5.97 Å². The normalized spacial score (nSPS) is 11.2. The number of hydrogen-bond donors (Lipinski definition) is 0. The molecule has 18 heavy (non-hydrogen) atoms. The molecule has 0 amide bonds. The number of carbonyl (C=O) groups is 1. The number of rotatable bonds is 6. The van der Waals surface area contributed by atoms with Crippen LogP contribution in [-0.2, 0) is 19.0 Å². The smallest absolute Gasteiger partial charge is 0.345 e. The van der Waals surface area contributed by atoms with Crippen molar-refractivity contribution in [2.24, 2.45) is 0 Å². The van der Waals surface area contributed by atoms with Crippen molar-refractivity contribution in [3.63, 3.8) is 0 Å². The van der Waals surface area contributed by atoms with Gasteiger partial charge < -0.3 is 14.2 Å². The molecule has 0 spiro atoms. The molecule has 0 fully saturated rings. The summed E-state index contributed by atoms with van der Waals surface area (Å²) in [6.45, 7) is 11.8. The number of esters is 1. The molecule has 104 valence electrons. The van der Waals surface area contributed by atoms with E-state index in [1.807, 2.05) is 41.5 Å². The van der Waals surface area contributed by atoms with E-state index in [-0.39, 0.29) is 5.95 Å². The van der Waals surface area contributed by atoms with Gasteiger partial charge in [-0.15, -0.1) is 0 Å². The van der Waals surface area contributed by atoms with Gasteiger partial charge in [0.05, 0.1) is 13.2 Å². The standard InChI is InChI=1S/C14H24O4/c1-7-10-11(12(15)18-14(4,5)6)13(16-8-2)17-9-3/h7,10H,8-9H2,1-6H3. The highest BCUT2D eigenvalue weighted by Gasteiger charge is 2.23. The molecule has 4 heteroatoms. The monoisotopic (exact) mass is 256 g/mol. The molecule has 4 nitrogen and oxygen atoms in total. The van der Waals surface area contributed by atoms with Crippen LogP contribution in [-0.4, -0.2) is 24.8 Å². The van der Waals surface area contributed by atoms with Crippen molar-refractivity contribution < 1.29 is 19.0 Å². The van der Waals surface area contributed by atoms with E-state index in [1.165, 1.54) is 0 Å². The summed E-state index contributed by atoms with van der Waals surface area (Å²) >= 11 is 0. The second kappa shape index (κ2) is 7.80. The predicted octanol–water partition coefficient (Wildman–Crippen LogP) is 3.19. The molecule has 0 radical (unpaired) electrons. The molecule has 0 saturated heterocycles. The van der Waals surface area contributed by atoms with Crippen LogP contribution in [0.5, 0.6) is 0 Å². The fourth-order valence-electron chi connectivity index (χ4n) is 1.18. The molecular weight excluding hydrogens is 232 g/mol. The average molecular weight is 256 g/mol. The van der Waals surface area contributed by atoms with Crippen LogP contribution in [0.2, 0.25) is 0 Å². The number of hydrogen-bond acceptors (Lipinski definition) is 4. The van der Waals surface area contributed by atoms with Gasteiger partial charge in [-0.25, -0.2) is 4.79 Å². The highest BCUT2D eigenvalue weighted by atomic mass is 16.7. The largest absolute Gasteiger partial charge is 0.465 e. The Morgan fingerprint density at radius 1 is 1.11 bits per heavy atom. The Bertz CT molecular complexity index is 313. The van der Waals surface area contributed by atoms with Gasteiger partial charge in [-0.2, -0.15) is 0 Å². The van der Waals surface area contributed by atoms with Gasteiger partial charge in [0.15, 0.2) is 0 Å². The summed E-state index contributed by atoms with van der Waals surface area (Å²) in [5.74, 6) is -0.232. The van der Waals surface area contributed by atoms with Gasteiger partial charge in [0, 0.05) is 0 Å². The Morgan fingerprint density at radius 2 is 1.61 bits per heavy atom. The summed E-state index contributed by atoms with van der Waals surface area (Å²) in [6, 6.07) is 0. The SMILES string of the molecule is CC=CC(C(=O)OC(C)(C)C)=C(OCC)OCC. The molecule has 0 saturated carbocycles. The first-order valence-electron chi connectivity index (χ1n) is 6.21. The van der Waals surface area contributed by atoms with Crippen molar-refractivity contribution in [3.05, 3.63) is 23.7 Å². The minimum absolute atomic E-state index is 0.215. The Kier molecular flexibility index (Phi) is 7.17. The third-order valence-corrected chi connectivity index (χ3v) is 1.72. The highest BCUT2D eigenvalue weighted by Crippen LogP contribution is 2.16. The third kappa shape index (κ3) is 6.33. The number of carbonyl (C=O) groups excluding carboxylic acids is 1. The van der Waals surface area contributed by atoms with Gasteiger partial charge in [-0.05, 0) is 47.6 Å². The minimum Gasteiger partial charge on any atom is -0.465 e. The highest BCUT2D eigenvalue weighted by molar-refractivity contribution is 5.92. The van der Waals surface area contributed by atoms with E-state index in [0.717, 1.165) is 0 Å². The predicted molar refractivity (Wildman–Crippen MR) is 70.9 cm³/mol. The quantitative estimate of drug-likeness (QED) is 0.317. The fraction of sp³-hybridized carbons (Fsp3) is 0.643. The maximum atomic E-state index is 12.0. The van der Waals surface area contributed by atoms with Crippen LogP contribution >= 0.6 is 0 Å². The van der Waals surface area contributed by atoms with Crippen LogP contribution < -0.4 is 0 Å². The molecule has 0 aliphatic heterocycles. The fourth-order valence-corrected chi connectivity index (χ4v) is 1.18. The molecule has 0 aromatic carbocycles. The first-order chi connectivity index (χ1) is 8.35. The van der Waals surface area contributed by atoms with E-state index < -0.39 is 11.6 Å². The molecule has 0 unspecified atom stereocenters. The van der Waals surface area contributed by atoms with E-state index in [0.29, 0.717) is 18.8 Å². The summed E-state index contributed by atoms with van der Waals surface area (Å²) in [4.78, 5) is 12.0. The number of ether oxygens (including phenoxy) is 3. The zero-order valence-corrected chi connectivity index (χ0v) is 12.2. The van der Waals surface area contributed by atoms with Crippen LogP contribution in [0, 0.1) is 0 Å². The van der Waals surface area contributed by atoms with E-state index >= 15 is 0 Å². The second-order valence-corrected chi connectivity index (χ2v) is 4.57. The Hall–Kier alpha value is -1.45. The average Bonchev–Trinajstić information content (AvgIpc) is 2.23. The van der Waals surface area contributed by atoms with Crippen molar-refractivity contribution >= 4 is 5.97 Å². The zero-order valence-electron chi connectivity index (χ0n) is 12.2. The van der Waals surface area contributed by atoms with E-state index in [1.54, 1.807) is 12.2 Å². The number of allylic oxidation sites excluding steroid dienone is 1. The van der Waals surface area contributed by atoms with E-state index in [2.05, 4.69) is 0 Å². The summed E-state index contributed by atoms with van der Waals surface area (Å²) < 4.78 is 16.0. The van der Waals surface area contributed by atoms with Crippen molar-refractivity contribution in [1.82, 2.24) is 0 Å². The van der Waals surface area contributed by atoms with Crippen LogP contribution in [0.1, 0.15) is 41.5 Å². The lowest BCUT2D eigenvalue weighted by molar-refractivity contribution is -0.150. The third-order valence-electron chi connectivity index (χ3n) is 1.72. The van der Waals surface area contributed by atoms with Gasteiger partial charge in [-0.3, -0.25) is 0 Å². The molecule has 0 aromatic heterocycles. The molecule has 0 aromatic rings. The van der Waals surface area contributed by atoms with Crippen molar-refractivity contribution in [2.45, 2.75) is 47.1 Å². The van der Waals surface area contributed by atoms with Crippen LogP contribution in [0.3, 0.4) is 0 Å². The van der Waals surface area contributed by atoms with Crippen LogP contribution in [0.4, 0.5) is 0 Å². The van der Waals surface area contributed by atoms with Gasteiger partial charge in [0.25, 0.3) is 5.95 Å². The van der Waals surface area contributed by atoms with E-state index in [9.17, 15) is 4.79 Å². The Morgan fingerprint density at radius 3 is 1.94 bits per heavy atom. The first kappa shape index (κ1) is 16.6. The maximum Gasteiger partial charge on any atom is 0.345 e. The summed E-state index contributed by atoms with van der Waals surface area (Å²) in [5, 5.41) is 0. The Labute approximate surface area is 110 Å². The maximum absolute atomic E-state index is 12.0. The lowest BCUT2D eigenvalue weighted by atomic mass is 10.2.